The van der Waals surface area contributed by atoms with E-state index < -0.39 is 6.10 Å². The summed E-state index contributed by atoms with van der Waals surface area (Å²) in [5, 5.41) is 13.6. The average molecular weight is 348 g/mol. The van der Waals surface area contributed by atoms with Crippen LogP contribution in [0.15, 0.2) is 29.8 Å². The maximum atomic E-state index is 10.6. The Bertz CT molecular complexity index is 679. The molecule has 0 spiro atoms. The lowest BCUT2D eigenvalue weighted by molar-refractivity contribution is -0.0425. The molecule has 1 fully saturated rings. The largest absolute Gasteiger partial charge is 0.486 e. The molecular weight excluding hydrogens is 328 g/mol. The predicted molar refractivity (Wildman–Crippen MR) is 89.6 cm³/mol. The number of nitrogens with zero attached hydrogens (tertiary/aromatic N) is 2. The lowest BCUT2D eigenvalue weighted by Crippen LogP contribution is -2.40. The number of rotatable bonds is 4. The van der Waals surface area contributed by atoms with Gasteiger partial charge in [0.2, 0.25) is 0 Å². The second-order valence-corrected chi connectivity index (χ2v) is 6.83. The van der Waals surface area contributed by atoms with Crippen LogP contribution in [0.1, 0.15) is 22.8 Å². The molecule has 1 aromatic carbocycles. The Labute approximate surface area is 144 Å². The number of fused-ring (bicyclic) bond motifs is 1. The molecule has 2 unspecified atom stereocenters. The van der Waals surface area contributed by atoms with E-state index in [-0.39, 0.29) is 6.10 Å². The third kappa shape index (κ3) is 3.39. The van der Waals surface area contributed by atoms with Gasteiger partial charge in [-0.25, -0.2) is 4.98 Å². The summed E-state index contributed by atoms with van der Waals surface area (Å²) in [6, 6.07) is 5.64. The fraction of sp³-hybridized carbons (Fsp3) is 0.471. The van der Waals surface area contributed by atoms with E-state index in [4.69, 9.17) is 14.2 Å². The Morgan fingerprint density at radius 1 is 1.25 bits per heavy atom. The quantitative estimate of drug-likeness (QED) is 0.912. The standard InChI is InChI=1S/C17H20N2O4S/c20-13(12-1-2-14-15(9-12)23-7-6-22-14)10-19-4-5-21-16(11-19)17-18-3-8-24-17/h1-3,8-9,13,16,20H,4-7,10-11H2. The molecule has 1 aromatic heterocycles. The molecule has 2 aliphatic rings. The summed E-state index contributed by atoms with van der Waals surface area (Å²) in [6.07, 6.45) is 1.22. The molecule has 0 radical (unpaired) electrons. The van der Waals surface area contributed by atoms with E-state index >= 15 is 0 Å². The molecule has 1 saturated heterocycles. The molecule has 0 amide bonds. The summed E-state index contributed by atoms with van der Waals surface area (Å²) in [5.74, 6) is 1.45. The van der Waals surface area contributed by atoms with Gasteiger partial charge in [0.1, 0.15) is 24.3 Å². The van der Waals surface area contributed by atoms with Gasteiger partial charge in [0.25, 0.3) is 0 Å². The Kier molecular flexibility index (Phi) is 4.66. The summed E-state index contributed by atoms with van der Waals surface area (Å²) in [4.78, 5) is 6.55. The van der Waals surface area contributed by atoms with E-state index in [0.717, 1.165) is 29.4 Å². The topological polar surface area (TPSA) is 64.1 Å². The van der Waals surface area contributed by atoms with Gasteiger partial charge in [0.15, 0.2) is 11.5 Å². The van der Waals surface area contributed by atoms with Crippen LogP contribution in [0.5, 0.6) is 11.5 Å². The molecule has 2 aliphatic heterocycles. The van der Waals surface area contributed by atoms with Crippen molar-refractivity contribution in [1.82, 2.24) is 9.88 Å². The number of thiazole rings is 1. The van der Waals surface area contributed by atoms with Crippen LogP contribution >= 0.6 is 11.3 Å². The molecular formula is C17H20N2O4S. The third-order valence-electron chi connectivity index (χ3n) is 4.26. The van der Waals surface area contributed by atoms with Crippen LogP contribution in [-0.4, -0.2) is 54.4 Å². The minimum atomic E-state index is -0.573. The van der Waals surface area contributed by atoms with Crippen molar-refractivity contribution in [2.75, 3.05) is 39.5 Å². The fourth-order valence-corrected chi connectivity index (χ4v) is 3.71. The minimum absolute atomic E-state index is 0.00813. The number of β-amino-alcohol motifs (C(OH)–C–C–N with tert-alkyl or cyclic N) is 1. The number of benzene rings is 1. The SMILES string of the molecule is OC(CN1CCOC(c2nccs2)C1)c1ccc2c(c1)OCCO2. The summed E-state index contributed by atoms with van der Waals surface area (Å²) in [7, 11) is 0. The highest BCUT2D eigenvalue weighted by atomic mass is 32.1. The predicted octanol–water partition coefficient (Wildman–Crippen LogP) is 2.02. The molecule has 0 saturated carbocycles. The van der Waals surface area contributed by atoms with Crippen molar-refractivity contribution in [2.24, 2.45) is 0 Å². The highest BCUT2D eigenvalue weighted by Crippen LogP contribution is 2.33. The van der Waals surface area contributed by atoms with Gasteiger partial charge in [-0.2, -0.15) is 0 Å². The molecule has 2 atom stereocenters. The van der Waals surface area contributed by atoms with Gasteiger partial charge in [-0.3, -0.25) is 4.90 Å². The normalized spacial score (nSPS) is 22.3. The minimum Gasteiger partial charge on any atom is -0.486 e. The molecule has 0 aliphatic carbocycles. The summed E-state index contributed by atoms with van der Waals surface area (Å²) in [5.41, 5.74) is 0.844. The second kappa shape index (κ2) is 7.06. The number of hydrogen-bond acceptors (Lipinski definition) is 7. The second-order valence-electron chi connectivity index (χ2n) is 5.91. The smallest absolute Gasteiger partial charge is 0.161 e. The number of ether oxygens (including phenoxy) is 3. The first-order valence-corrected chi connectivity index (χ1v) is 8.98. The Balaban J connectivity index is 1.41. The molecule has 128 valence electrons. The molecule has 7 heteroatoms. The first kappa shape index (κ1) is 15.8. The van der Waals surface area contributed by atoms with Crippen LogP contribution in [-0.2, 0) is 4.74 Å². The lowest BCUT2D eigenvalue weighted by Gasteiger charge is -2.33. The van der Waals surface area contributed by atoms with E-state index in [2.05, 4.69) is 9.88 Å². The van der Waals surface area contributed by atoms with Crippen LogP contribution in [0, 0.1) is 0 Å². The highest BCUT2D eigenvalue weighted by molar-refractivity contribution is 7.09. The zero-order valence-corrected chi connectivity index (χ0v) is 14.1. The molecule has 3 heterocycles. The highest BCUT2D eigenvalue weighted by Gasteiger charge is 2.26. The Morgan fingerprint density at radius 3 is 2.96 bits per heavy atom. The van der Waals surface area contributed by atoms with Crippen molar-refractivity contribution in [3.8, 4) is 11.5 Å². The zero-order chi connectivity index (χ0) is 16.4. The Morgan fingerprint density at radius 2 is 2.12 bits per heavy atom. The number of hydrogen-bond donors (Lipinski definition) is 1. The van der Waals surface area contributed by atoms with Gasteiger partial charge in [0.05, 0.1) is 12.7 Å². The Hall–Kier alpha value is -1.67. The zero-order valence-electron chi connectivity index (χ0n) is 13.3. The number of aliphatic hydroxyl groups is 1. The molecule has 1 N–H and O–H groups in total. The number of aromatic nitrogens is 1. The fourth-order valence-electron chi connectivity index (χ4n) is 3.03. The van der Waals surface area contributed by atoms with Gasteiger partial charge in [-0.1, -0.05) is 6.07 Å². The van der Waals surface area contributed by atoms with Crippen LogP contribution < -0.4 is 9.47 Å². The van der Waals surface area contributed by atoms with Crippen molar-refractivity contribution >= 4 is 11.3 Å². The van der Waals surface area contributed by atoms with Gasteiger partial charge < -0.3 is 19.3 Å². The van der Waals surface area contributed by atoms with Crippen molar-refractivity contribution in [3.63, 3.8) is 0 Å². The monoisotopic (exact) mass is 348 g/mol. The molecule has 6 nitrogen and oxygen atoms in total. The molecule has 2 aromatic rings. The molecule has 4 rings (SSSR count). The molecule has 0 bridgehead atoms. The molecule has 24 heavy (non-hydrogen) atoms. The van der Waals surface area contributed by atoms with Crippen LogP contribution in [0.25, 0.3) is 0 Å². The maximum absolute atomic E-state index is 10.6. The third-order valence-corrected chi connectivity index (χ3v) is 5.13. The van der Waals surface area contributed by atoms with E-state index in [1.54, 1.807) is 17.5 Å². The van der Waals surface area contributed by atoms with Crippen molar-refractivity contribution in [3.05, 3.63) is 40.3 Å². The van der Waals surface area contributed by atoms with Gasteiger partial charge >= 0.3 is 0 Å². The number of morpholine rings is 1. The van der Waals surface area contributed by atoms with Crippen molar-refractivity contribution in [2.45, 2.75) is 12.2 Å². The van der Waals surface area contributed by atoms with E-state index in [1.165, 1.54) is 0 Å². The first-order valence-electron chi connectivity index (χ1n) is 8.10. The van der Waals surface area contributed by atoms with E-state index in [9.17, 15) is 5.11 Å². The average Bonchev–Trinajstić information content (AvgIpc) is 3.16. The van der Waals surface area contributed by atoms with E-state index in [0.29, 0.717) is 32.1 Å². The summed E-state index contributed by atoms with van der Waals surface area (Å²) < 4.78 is 16.9. The van der Waals surface area contributed by atoms with Gasteiger partial charge in [-0.05, 0) is 17.7 Å². The van der Waals surface area contributed by atoms with Crippen molar-refractivity contribution < 1.29 is 19.3 Å². The summed E-state index contributed by atoms with van der Waals surface area (Å²) >= 11 is 1.61. The van der Waals surface area contributed by atoms with Crippen LogP contribution in [0.4, 0.5) is 0 Å². The van der Waals surface area contributed by atoms with E-state index in [1.807, 2.05) is 23.6 Å². The summed E-state index contributed by atoms with van der Waals surface area (Å²) in [6.45, 7) is 3.88. The maximum Gasteiger partial charge on any atom is 0.161 e. The van der Waals surface area contributed by atoms with Gasteiger partial charge in [-0.15, -0.1) is 11.3 Å². The van der Waals surface area contributed by atoms with Gasteiger partial charge in [0, 0.05) is 31.2 Å². The number of aliphatic hydroxyl groups excluding tert-OH is 1. The lowest BCUT2D eigenvalue weighted by atomic mass is 10.1. The first-order chi connectivity index (χ1) is 11.8. The van der Waals surface area contributed by atoms with Crippen LogP contribution in [0.2, 0.25) is 0 Å². The van der Waals surface area contributed by atoms with Crippen molar-refractivity contribution in [1.29, 1.82) is 0 Å². The van der Waals surface area contributed by atoms with Crippen LogP contribution in [0.3, 0.4) is 0 Å².